The molecule has 4 nitrogen and oxygen atoms in total. The minimum atomic E-state index is -1.27. The third kappa shape index (κ3) is 4.05. The topological polar surface area (TPSA) is 38.8 Å². The van der Waals surface area contributed by atoms with Crippen LogP contribution in [0.1, 0.15) is 27.2 Å². The van der Waals surface area contributed by atoms with Crippen LogP contribution in [0.3, 0.4) is 0 Å². The molecule has 1 heterocycles. The molecule has 0 unspecified atom stereocenters. The molecule has 0 radical (unpaired) electrons. The lowest BCUT2D eigenvalue weighted by molar-refractivity contribution is 0.0275. The number of nitrogens with zero attached hydrogens (tertiary/aromatic N) is 1. The van der Waals surface area contributed by atoms with Gasteiger partial charge in [0.25, 0.3) is 0 Å². The van der Waals surface area contributed by atoms with Gasteiger partial charge < -0.3 is 14.4 Å². The van der Waals surface area contributed by atoms with Gasteiger partial charge >= 0.3 is 6.09 Å². The van der Waals surface area contributed by atoms with Crippen molar-refractivity contribution in [1.29, 1.82) is 0 Å². The SMILES string of the molecule is CC(C)(C)OC(=O)N1CC[C@H](Oc2cc(F)c(F)cc2F)C1. The number of carbonyl (C=O) groups excluding carboxylic acids is 1. The van der Waals surface area contributed by atoms with Gasteiger partial charge in [-0.3, -0.25) is 0 Å². The van der Waals surface area contributed by atoms with Crippen molar-refractivity contribution in [3.05, 3.63) is 29.6 Å². The number of hydrogen-bond donors (Lipinski definition) is 0. The van der Waals surface area contributed by atoms with Gasteiger partial charge in [0, 0.05) is 25.1 Å². The third-order valence-corrected chi connectivity index (χ3v) is 3.07. The summed E-state index contributed by atoms with van der Waals surface area (Å²) >= 11 is 0. The maximum absolute atomic E-state index is 13.5. The maximum Gasteiger partial charge on any atom is 0.410 e. The van der Waals surface area contributed by atoms with Crippen LogP contribution in [0.5, 0.6) is 5.75 Å². The molecule has 1 atom stereocenters. The fourth-order valence-corrected chi connectivity index (χ4v) is 2.09. The first kappa shape index (κ1) is 16.5. The van der Waals surface area contributed by atoms with E-state index in [9.17, 15) is 18.0 Å². The van der Waals surface area contributed by atoms with Crippen LogP contribution < -0.4 is 4.74 Å². The highest BCUT2D eigenvalue weighted by Gasteiger charge is 2.31. The van der Waals surface area contributed by atoms with Gasteiger partial charge in [-0.1, -0.05) is 0 Å². The van der Waals surface area contributed by atoms with Crippen molar-refractivity contribution in [3.8, 4) is 5.75 Å². The third-order valence-electron chi connectivity index (χ3n) is 3.07. The average molecular weight is 317 g/mol. The average Bonchev–Trinajstić information content (AvgIpc) is 2.82. The summed E-state index contributed by atoms with van der Waals surface area (Å²) in [5, 5.41) is 0. The summed E-state index contributed by atoms with van der Waals surface area (Å²) in [4.78, 5) is 13.3. The van der Waals surface area contributed by atoms with Crippen LogP contribution in [0.2, 0.25) is 0 Å². The summed E-state index contributed by atoms with van der Waals surface area (Å²) in [7, 11) is 0. The number of amides is 1. The summed E-state index contributed by atoms with van der Waals surface area (Å²) in [5.74, 6) is -3.80. The monoisotopic (exact) mass is 317 g/mol. The second-order valence-corrected chi connectivity index (χ2v) is 6.15. The molecule has 1 aromatic carbocycles. The lowest BCUT2D eigenvalue weighted by Gasteiger charge is -2.24. The predicted octanol–water partition coefficient (Wildman–Crippen LogP) is 3.49. The maximum atomic E-state index is 13.5. The molecule has 2 rings (SSSR count). The van der Waals surface area contributed by atoms with Gasteiger partial charge in [0.05, 0.1) is 6.54 Å². The van der Waals surface area contributed by atoms with E-state index in [0.717, 1.165) is 0 Å². The summed E-state index contributed by atoms with van der Waals surface area (Å²) in [5.41, 5.74) is -0.609. The van der Waals surface area contributed by atoms with Crippen molar-refractivity contribution in [2.24, 2.45) is 0 Å². The van der Waals surface area contributed by atoms with Gasteiger partial charge in [-0.05, 0) is 20.8 Å². The first-order valence-corrected chi connectivity index (χ1v) is 6.95. The largest absolute Gasteiger partial charge is 0.485 e. The van der Waals surface area contributed by atoms with Crippen molar-refractivity contribution in [1.82, 2.24) is 4.90 Å². The van der Waals surface area contributed by atoms with Gasteiger partial charge in [0.1, 0.15) is 11.7 Å². The Balaban J connectivity index is 1.97. The molecule has 1 aromatic rings. The van der Waals surface area contributed by atoms with Gasteiger partial charge in [0.15, 0.2) is 23.2 Å². The Bertz CT molecular complexity index is 572. The second-order valence-electron chi connectivity index (χ2n) is 6.15. The number of likely N-dealkylation sites (tertiary alicyclic amines) is 1. The van der Waals surface area contributed by atoms with E-state index in [1.807, 2.05) is 0 Å². The van der Waals surface area contributed by atoms with Crippen LogP contribution in [0.15, 0.2) is 12.1 Å². The number of rotatable bonds is 2. The molecular weight excluding hydrogens is 299 g/mol. The molecule has 0 aliphatic carbocycles. The first-order valence-electron chi connectivity index (χ1n) is 6.95. The van der Waals surface area contributed by atoms with E-state index in [-0.39, 0.29) is 12.3 Å². The van der Waals surface area contributed by atoms with Crippen LogP contribution in [0.25, 0.3) is 0 Å². The van der Waals surface area contributed by atoms with Crippen molar-refractivity contribution >= 4 is 6.09 Å². The molecule has 0 spiro atoms. The molecule has 0 aromatic heterocycles. The summed E-state index contributed by atoms with van der Waals surface area (Å²) in [6.07, 6.45) is -0.520. The number of hydrogen-bond acceptors (Lipinski definition) is 3. The number of halogens is 3. The molecule has 1 aliphatic heterocycles. The van der Waals surface area contributed by atoms with E-state index in [1.54, 1.807) is 20.8 Å². The van der Waals surface area contributed by atoms with E-state index in [1.165, 1.54) is 4.90 Å². The van der Waals surface area contributed by atoms with Gasteiger partial charge in [0.2, 0.25) is 0 Å². The Kier molecular flexibility index (Phi) is 4.53. The molecular formula is C15H18F3NO3. The second kappa shape index (κ2) is 6.06. The van der Waals surface area contributed by atoms with Crippen molar-refractivity contribution in [2.75, 3.05) is 13.1 Å². The van der Waals surface area contributed by atoms with Crippen LogP contribution in [0.4, 0.5) is 18.0 Å². The van der Waals surface area contributed by atoms with E-state index >= 15 is 0 Å². The summed E-state index contributed by atoms with van der Waals surface area (Å²) in [6, 6.07) is 1.10. The van der Waals surface area contributed by atoms with Crippen molar-refractivity contribution in [3.63, 3.8) is 0 Å². The first-order chi connectivity index (χ1) is 10.2. The normalized spacial score (nSPS) is 18.5. The van der Waals surface area contributed by atoms with Crippen molar-refractivity contribution < 1.29 is 27.4 Å². The van der Waals surface area contributed by atoms with Gasteiger partial charge in [-0.2, -0.15) is 0 Å². The van der Waals surface area contributed by atoms with E-state index in [0.29, 0.717) is 25.1 Å². The Morgan fingerprint density at radius 2 is 1.82 bits per heavy atom. The lowest BCUT2D eigenvalue weighted by Crippen LogP contribution is -2.36. The smallest absolute Gasteiger partial charge is 0.410 e. The molecule has 7 heteroatoms. The van der Waals surface area contributed by atoms with E-state index in [4.69, 9.17) is 9.47 Å². The Hall–Kier alpha value is -1.92. The molecule has 1 saturated heterocycles. The zero-order valence-electron chi connectivity index (χ0n) is 12.7. The highest BCUT2D eigenvalue weighted by molar-refractivity contribution is 5.68. The lowest BCUT2D eigenvalue weighted by atomic mass is 10.2. The molecule has 0 bridgehead atoms. The molecule has 1 fully saturated rings. The number of ether oxygens (including phenoxy) is 2. The van der Waals surface area contributed by atoms with E-state index in [2.05, 4.69) is 0 Å². The Labute approximate surface area is 126 Å². The molecule has 122 valence electrons. The van der Waals surface area contributed by atoms with Crippen molar-refractivity contribution in [2.45, 2.75) is 38.9 Å². The molecule has 1 amide bonds. The van der Waals surface area contributed by atoms with Crippen LogP contribution in [-0.4, -0.2) is 35.8 Å². The zero-order chi connectivity index (χ0) is 16.5. The Morgan fingerprint density at radius 3 is 2.45 bits per heavy atom. The predicted molar refractivity (Wildman–Crippen MR) is 73.2 cm³/mol. The molecule has 22 heavy (non-hydrogen) atoms. The summed E-state index contributed by atoms with van der Waals surface area (Å²) in [6.45, 7) is 5.86. The fraction of sp³-hybridized carbons (Fsp3) is 0.533. The van der Waals surface area contributed by atoms with Crippen LogP contribution >= 0.6 is 0 Å². The van der Waals surface area contributed by atoms with Crippen LogP contribution in [0, 0.1) is 17.5 Å². The van der Waals surface area contributed by atoms with Gasteiger partial charge in [-0.15, -0.1) is 0 Å². The highest BCUT2D eigenvalue weighted by Crippen LogP contribution is 2.25. The Morgan fingerprint density at radius 1 is 1.18 bits per heavy atom. The minimum Gasteiger partial charge on any atom is -0.485 e. The quantitative estimate of drug-likeness (QED) is 0.784. The van der Waals surface area contributed by atoms with Gasteiger partial charge in [-0.25, -0.2) is 18.0 Å². The molecule has 0 saturated carbocycles. The minimum absolute atomic E-state index is 0.202. The van der Waals surface area contributed by atoms with E-state index < -0.39 is 35.2 Å². The van der Waals surface area contributed by atoms with Crippen LogP contribution in [-0.2, 0) is 4.74 Å². The zero-order valence-corrected chi connectivity index (χ0v) is 12.7. The number of carbonyl (C=O) groups is 1. The number of benzene rings is 1. The summed E-state index contributed by atoms with van der Waals surface area (Å²) < 4.78 is 50.0. The highest BCUT2D eigenvalue weighted by atomic mass is 19.2. The standard InChI is InChI=1S/C15H18F3NO3/c1-15(2,3)22-14(20)19-5-4-9(8-19)21-13-7-11(17)10(16)6-12(13)18/h6-7,9H,4-5,8H2,1-3H3/t9-/m0/s1. The molecule has 1 aliphatic rings. The fourth-order valence-electron chi connectivity index (χ4n) is 2.09. The molecule has 0 N–H and O–H groups in total.